The van der Waals surface area contributed by atoms with E-state index in [1.54, 1.807) is 37.4 Å². The molecule has 5 rings (SSSR count). The second-order valence-electron chi connectivity index (χ2n) is 9.86. The van der Waals surface area contributed by atoms with E-state index in [0.717, 1.165) is 12.0 Å². The van der Waals surface area contributed by atoms with Crippen LogP contribution in [0.2, 0.25) is 5.02 Å². The number of fused-ring (bicyclic) bond motifs is 1. The Morgan fingerprint density at radius 3 is 2.49 bits per heavy atom. The van der Waals surface area contributed by atoms with Gasteiger partial charge in [0.05, 0.1) is 24.4 Å². The quantitative estimate of drug-likeness (QED) is 0.311. The lowest BCUT2D eigenvalue weighted by Crippen LogP contribution is -2.39. The van der Waals surface area contributed by atoms with Crippen LogP contribution in [0.25, 0.3) is 0 Å². The summed E-state index contributed by atoms with van der Waals surface area (Å²) in [5.41, 5.74) is 1.83. The zero-order valence-corrected chi connectivity index (χ0v) is 23.8. The lowest BCUT2D eigenvalue weighted by Gasteiger charge is -2.30. The second kappa shape index (κ2) is 9.97. The van der Waals surface area contributed by atoms with Crippen molar-refractivity contribution in [3.63, 3.8) is 0 Å². The molecule has 3 unspecified atom stereocenters. The van der Waals surface area contributed by atoms with Crippen LogP contribution < -0.4 is 9.04 Å². The predicted octanol–water partition coefficient (Wildman–Crippen LogP) is 5.99. The Hall–Kier alpha value is -2.55. The van der Waals surface area contributed by atoms with Crippen LogP contribution in [-0.2, 0) is 16.6 Å². The molecule has 0 N–H and O–H groups in total. The van der Waals surface area contributed by atoms with Crippen LogP contribution in [0.3, 0.4) is 0 Å². The molecule has 0 spiro atoms. The van der Waals surface area contributed by atoms with E-state index in [4.69, 9.17) is 16.3 Å². The van der Waals surface area contributed by atoms with Crippen molar-refractivity contribution in [2.24, 2.45) is 11.3 Å². The largest absolute Gasteiger partial charge is 0.497 e. The summed E-state index contributed by atoms with van der Waals surface area (Å²) in [6, 6.07) is 20.7. The third-order valence-electron chi connectivity index (χ3n) is 7.62. The van der Waals surface area contributed by atoms with E-state index in [9.17, 15) is 13.2 Å². The number of carbonyl (C=O) groups excluding carboxylic acids is 1. The van der Waals surface area contributed by atoms with E-state index in [1.807, 2.05) is 35.2 Å². The zero-order valence-electron chi connectivity index (χ0n) is 20.6. The summed E-state index contributed by atoms with van der Waals surface area (Å²) in [4.78, 5) is 15.5. The lowest BCUT2D eigenvalue weighted by atomic mass is 9.97. The van der Waals surface area contributed by atoms with Gasteiger partial charge in [-0.2, -0.15) is 0 Å². The van der Waals surface area contributed by atoms with Crippen LogP contribution >= 0.6 is 27.5 Å². The molecule has 1 amide bonds. The second-order valence-corrected chi connectivity index (χ2v) is 13.1. The standard InChI is InChI=1S/C28H28BrClN2O4S/c1-28-14-15-31(18-23(28)26(28)29)27(33)20-8-13-24(30)25(16-20)37(34,35)32(17-19-6-4-3-5-7-19)21-9-11-22(36-2)12-10-21/h3-13,16,23,26H,14-15,17-18H2,1-2H3. The summed E-state index contributed by atoms with van der Waals surface area (Å²) in [5.74, 6) is 0.850. The molecule has 2 aliphatic rings. The van der Waals surface area contributed by atoms with Crippen molar-refractivity contribution in [3.05, 3.63) is 88.9 Å². The molecular weight excluding hydrogens is 576 g/mol. The van der Waals surface area contributed by atoms with Crippen molar-refractivity contribution in [1.29, 1.82) is 0 Å². The first-order valence-corrected chi connectivity index (χ1v) is 14.8. The molecule has 0 radical (unpaired) electrons. The van der Waals surface area contributed by atoms with Crippen LogP contribution in [-0.4, -0.2) is 44.3 Å². The smallest absolute Gasteiger partial charge is 0.266 e. The Labute approximate surface area is 231 Å². The molecule has 1 aliphatic heterocycles. The van der Waals surface area contributed by atoms with Gasteiger partial charge in [-0.3, -0.25) is 9.10 Å². The van der Waals surface area contributed by atoms with Gasteiger partial charge in [-0.15, -0.1) is 0 Å². The molecular formula is C28H28BrClN2O4S. The SMILES string of the molecule is COc1ccc(N(Cc2ccccc2)S(=O)(=O)c2cc(C(=O)N3CCC4(C)C(Br)C4C3)ccc2Cl)cc1. The number of rotatable bonds is 7. The minimum Gasteiger partial charge on any atom is -0.497 e. The first kappa shape index (κ1) is 26.1. The molecule has 37 heavy (non-hydrogen) atoms. The number of benzene rings is 3. The van der Waals surface area contributed by atoms with E-state index in [0.29, 0.717) is 40.8 Å². The summed E-state index contributed by atoms with van der Waals surface area (Å²) in [5, 5.41) is 0.0667. The first-order chi connectivity index (χ1) is 17.6. The predicted molar refractivity (Wildman–Crippen MR) is 149 cm³/mol. The van der Waals surface area contributed by atoms with Crippen molar-refractivity contribution in [3.8, 4) is 5.75 Å². The van der Waals surface area contributed by atoms with Crippen LogP contribution in [0.15, 0.2) is 77.7 Å². The van der Waals surface area contributed by atoms with Crippen molar-refractivity contribution < 1.29 is 17.9 Å². The highest BCUT2D eigenvalue weighted by Gasteiger charge is 2.62. The maximum absolute atomic E-state index is 14.1. The molecule has 6 nitrogen and oxygen atoms in total. The Morgan fingerprint density at radius 2 is 1.84 bits per heavy atom. The van der Waals surface area contributed by atoms with Gasteiger partial charge < -0.3 is 9.64 Å². The fourth-order valence-electron chi connectivity index (χ4n) is 5.06. The highest BCUT2D eigenvalue weighted by atomic mass is 79.9. The van der Waals surface area contributed by atoms with Crippen molar-refractivity contribution >= 4 is 49.1 Å². The highest BCUT2D eigenvalue weighted by molar-refractivity contribution is 9.09. The Morgan fingerprint density at radius 1 is 1.14 bits per heavy atom. The minimum absolute atomic E-state index is 0.0667. The van der Waals surface area contributed by atoms with Crippen molar-refractivity contribution in [2.45, 2.75) is 29.6 Å². The number of piperidine rings is 1. The van der Waals surface area contributed by atoms with Gasteiger partial charge in [0.2, 0.25) is 0 Å². The van der Waals surface area contributed by atoms with Crippen LogP contribution in [0.1, 0.15) is 29.3 Å². The van der Waals surface area contributed by atoms with Gasteiger partial charge in [0.25, 0.3) is 15.9 Å². The van der Waals surface area contributed by atoms with Gasteiger partial charge in [-0.1, -0.05) is 64.8 Å². The number of nitrogens with zero attached hydrogens (tertiary/aromatic N) is 2. The number of methoxy groups -OCH3 is 1. The number of carbonyl (C=O) groups is 1. The molecule has 0 aromatic heterocycles. The molecule has 1 saturated carbocycles. The number of hydrogen-bond donors (Lipinski definition) is 0. The number of anilines is 1. The maximum atomic E-state index is 14.1. The normalized spacial score (nSPS) is 22.8. The number of hydrogen-bond acceptors (Lipinski definition) is 4. The number of sulfonamides is 1. The first-order valence-electron chi connectivity index (χ1n) is 12.1. The third kappa shape index (κ3) is 4.87. The summed E-state index contributed by atoms with van der Waals surface area (Å²) in [6.07, 6.45) is 0.917. The van der Waals surface area contributed by atoms with Gasteiger partial charge in [-0.25, -0.2) is 8.42 Å². The maximum Gasteiger partial charge on any atom is 0.266 e. The lowest BCUT2D eigenvalue weighted by molar-refractivity contribution is 0.0690. The number of amides is 1. The van der Waals surface area contributed by atoms with Gasteiger partial charge >= 0.3 is 0 Å². The molecule has 1 saturated heterocycles. The van der Waals surface area contributed by atoms with Gasteiger partial charge in [0.1, 0.15) is 10.6 Å². The van der Waals surface area contributed by atoms with E-state index < -0.39 is 10.0 Å². The molecule has 1 heterocycles. The van der Waals surface area contributed by atoms with Crippen LogP contribution in [0.4, 0.5) is 5.69 Å². The molecule has 194 valence electrons. The Kier molecular flexibility index (Phi) is 7.02. The molecule has 3 aromatic carbocycles. The Balaban J connectivity index is 1.49. The summed E-state index contributed by atoms with van der Waals surface area (Å²) in [7, 11) is -2.57. The average molecular weight is 604 g/mol. The molecule has 0 bridgehead atoms. The van der Waals surface area contributed by atoms with E-state index in [1.165, 1.54) is 16.4 Å². The number of halogens is 2. The van der Waals surface area contributed by atoms with Crippen molar-refractivity contribution in [1.82, 2.24) is 4.90 Å². The number of alkyl halides is 1. The van der Waals surface area contributed by atoms with E-state index >= 15 is 0 Å². The van der Waals surface area contributed by atoms with Gasteiger partial charge in [0.15, 0.2) is 0 Å². The fourth-order valence-corrected chi connectivity index (χ4v) is 8.20. The number of likely N-dealkylation sites (tertiary alicyclic amines) is 1. The molecule has 1 aliphatic carbocycles. The average Bonchev–Trinajstić information content (AvgIpc) is 3.46. The van der Waals surface area contributed by atoms with E-state index in [-0.39, 0.29) is 27.8 Å². The van der Waals surface area contributed by atoms with Gasteiger partial charge in [-0.05, 0) is 65.8 Å². The molecule has 2 fully saturated rings. The zero-order chi connectivity index (χ0) is 26.4. The number of ether oxygens (including phenoxy) is 1. The summed E-state index contributed by atoms with van der Waals surface area (Å²) in [6.45, 7) is 3.64. The van der Waals surface area contributed by atoms with Crippen molar-refractivity contribution in [2.75, 3.05) is 24.5 Å². The summed E-state index contributed by atoms with van der Waals surface area (Å²) < 4.78 is 34.7. The third-order valence-corrected chi connectivity index (χ3v) is 11.6. The summed E-state index contributed by atoms with van der Waals surface area (Å²) >= 11 is 10.2. The van der Waals surface area contributed by atoms with Crippen LogP contribution in [0, 0.1) is 11.3 Å². The van der Waals surface area contributed by atoms with Crippen LogP contribution in [0.5, 0.6) is 5.75 Å². The molecule has 3 aromatic rings. The fraction of sp³-hybridized carbons (Fsp3) is 0.321. The highest BCUT2D eigenvalue weighted by Crippen LogP contribution is 2.61. The topological polar surface area (TPSA) is 66.9 Å². The minimum atomic E-state index is -4.13. The molecule has 3 atom stereocenters. The Bertz CT molecular complexity index is 1420. The molecule has 9 heteroatoms. The van der Waals surface area contributed by atoms with Gasteiger partial charge in [0, 0.05) is 23.5 Å². The van der Waals surface area contributed by atoms with E-state index in [2.05, 4.69) is 22.9 Å². The monoisotopic (exact) mass is 602 g/mol.